The number of nitrogens with one attached hydrogen (secondary N) is 1. The Hall–Kier alpha value is -2.18. The van der Waals surface area contributed by atoms with Gasteiger partial charge >= 0.3 is 5.97 Å². The monoisotopic (exact) mass is 419 g/mol. The van der Waals surface area contributed by atoms with Crippen molar-refractivity contribution in [1.82, 2.24) is 0 Å². The van der Waals surface area contributed by atoms with Crippen molar-refractivity contribution in [3.05, 3.63) is 50.9 Å². The summed E-state index contributed by atoms with van der Waals surface area (Å²) >= 11 is 7.27. The Kier molecular flexibility index (Phi) is 6.86. The molecule has 7 heteroatoms. The van der Waals surface area contributed by atoms with E-state index in [9.17, 15) is 14.4 Å². The molecule has 1 N–H and O–H groups in total. The first kappa shape index (κ1) is 20.6. The van der Waals surface area contributed by atoms with Gasteiger partial charge in [-0.25, -0.2) is 4.79 Å². The van der Waals surface area contributed by atoms with Crippen LogP contribution in [0.25, 0.3) is 0 Å². The maximum absolute atomic E-state index is 12.4. The zero-order valence-corrected chi connectivity index (χ0v) is 17.3. The van der Waals surface area contributed by atoms with Gasteiger partial charge in [0, 0.05) is 28.3 Å². The van der Waals surface area contributed by atoms with Crippen molar-refractivity contribution >= 4 is 45.6 Å². The molecule has 148 valence electrons. The van der Waals surface area contributed by atoms with Crippen LogP contribution in [0, 0.1) is 0 Å². The summed E-state index contributed by atoms with van der Waals surface area (Å²) in [5.74, 6) is -0.802. The molecule has 0 aliphatic heterocycles. The number of amides is 1. The number of carbonyl (C=O) groups excluding carboxylic acids is 3. The minimum absolute atomic E-state index is 0.0479. The number of halogens is 1. The van der Waals surface area contributed by atoms with Gasteiger partial charge in [-0.2, -0.15) is 0 Å². The van der Waals surface area contributed by atoms with Gasteiger partial charge < -0.3 is 10.1 Å². The first-order valence-electron chi connectivity index (χ1n) is 9.40. The molecule has 3 rings (SSSR count). The molecule has 1 aliphatic carbocycles. The quantitative estimate of drug-likeness (QED) is 0.503. The maximum Gasteiger partial charge on any atom is 0.341 e. The summed E-state index contributed by atoms with van der Waals surface area (Å²) < 4.78 is 5.19. The van der Waals surface area contributed by atoms with Crippen molar-refractivity contribution in [3.8, 4) is 0 Å². The second kappa shape index (κ2) is 9.34. The third-order valence-corrected chi connectivity index (χ3v) is 6.11. The Labute approximate surface area is 173 Å². The van der Waals surface area contributed by atoms with Crippen LogP contribution in [0.15, 0.2) is 24.3 Å². The van der Waals surface area contributed by atoms with Gasteiger partial charge in [-0.3, -0.25) is 9.59 Å². The molecular weight excluding hydrogens is 398 g/mol. The van der Waals surface area contributed by atoms with Gasteiger partial charge in [0.05, 0.1) is 12.2 Å². The van der Waals surface area contributed by atoms with Crippen molar-refractivity contribution in [1.29, 1.82) is 0 Å². The summed E-state index contributed by atoms with van der Waals surface area (Å²) in [7, 11) is 0. The van der Waals surface area contributed by atoms with Gasteiger partial charge in [-0.05, 0) is 62.4 Å². The molecule has 1 aliphatic rings. The first-order chi connectivity index (χ1) is 13.5. The molecule has 0 radical (unpaired) electrons. The van der Waals surface area contributed by atoms with Gasteiger partial charge in [0.2, 0.25) is 5.91 Å². The smallest absolute Gasteiger partial charge is 0.341 e. The fourth-order valence-corrected chi connectivity index (χ4v) is 4.69. The molecule has 0 saturated heterocycles. The zero-order chi connectivity index (χ0) is 20.1. The largest absolute Gasteiger partial charge is 0.462 e. The summed E-state index contributed by atoms with van der Waals surface area (Å²) in [5.41, 5.74) is 2.01. The van der Waals surface area contributed by atoms with E-state index in [-0.39, 0.29) is 31.1 Å². The first-order valence-corrected chi connectivity index (χ1v) is 10.6. The molecule has 0 saturated carbocycles. The van der Waals surface area contributed by atoms with Gasteiger partial charge in [0.1, 0.15) is 5.00 Å². The number of hydrogen-bond acceptors (Lipinski definition) is 5. The van der Waals surface area contributed by atoms with E-state index in [2.05, 4.69) is 5.32 Å². The Morgan fingerprint density at radius 1 is 1.11 bits per heavy atom. The number of thiophene rings is 1. The van der Waals surface area contributed by atoms with Crippen LogP contribution in [0.4, 0.5) is 5.00 Å². The number of carbonyl (C=O) groups is 3. The molecule has 0 unspecified atom stereocenters. The Bertz CT molecular complexity index is 889. The highest BCUT2D eigenvalue weighted by Crippen LogP contribution is 2.38. The molecule has 1 heterocycles. The molecule has 1 amide bonds. The highest BCUT2D eigenvalue weighted by molar-refractivity contribution is 7.17. The molecule has 1 aromatic heterocycles. The Morgan fingerprint density at radius 3 is 2.54 bits per heavy atom. The van der Waals surface area contributed by atoms with Gasteiger partial charge in [-0.1, -0.05) is 11.6 Å². The molecule has 0 atom stereocenters. The molecule has 28 heavy (non-hydrogen) atoms. The van der Waals surface area contributed by atoms with Crippen molar-refractivity contribution in [2.75, 3.05) is 11.9 Å². The van der Waals surface area contributed by atoms with Crippen LogP contribution in [-0.4, -0.2) is 24.3 Å². The van der Waals surface area contributed by atoms with Crippen LogP contribution < -0.4 is 5.32 Å². The fraction of sp³-hybridized carbons (Fsp3) is 0.381. The van der Waals surface area contributed by atoms with Crippen LogP contribution in [0.2, 0.25) is 5.02 Å². The van der Waals surface area contributed by atoms with E-state index in [1.54, 1.807) is 31.2 Å². The van der Waals surface area contributed by atoms with Crippen LogP contribution in [0.3, 0.4) is 0 Å². The van der Waals surface area contributed by atoms with E-state index in [4.69, 9.17) is 16.3 Å². The van der Waals surface area contributed by atoms with E-state index in [1.807, 2.05) is 0 Å². The van der Waals surface area contributed by atoms with E-state index >= 15 is 0 Å². The van der Waals surface area contributed by atoms with Crippen LogP contribution >= 0.6 is 22.9 Å². The minimum atomic E-state index is -0.394. The molecule has 0 bridgehead atoms. The molecule has 0 spiro atoms. The highest BCUT2D eigenvalue weighted by Gasteiger charge is 2.27. The van der Waals surface area contributed by atoms with Crippen LogP contribution in [0.5, 0.6) is 0 Å². The second-order valence-electron chi connectivity index (χ2n) is 6.61. The van der Waals surface area contributed by atoms with E-state index < -0.39 is 5.97 Å². The van der Waals surface area contributed by atoms with Crippen molar-refractivity contribution < 1.29 is 19.1 Å². The van der Waals surface area contributed by atoms with Gasteiger partial charge in [-0.15, -0.1) is 11.3 Å². The average molecular weight is 420 g/mol. The van der Waals surface area contributed by atoms with Gasteiger partial charge in [0.15, 0.2) is 5.78 Å². The maximum atomic E-state index is 12.4. The number of ketones is 1. The predicted octanol–water partition coefficient (Wildman–Crippen LogP) is 5.06. The molecule has 2 aromatic rings. The van der Waals surface area contributed by atoms with Gasteiger partial charge in [0.25, 0.3) is 0 Å². The van der Waals surface area contributed by atoms with E-state index in [1.165, 1.54) is 11.3 Å². The average Bonchev–Trinajstić information content (AvgIpc) is 3.04. The number of fused-ring (bicyclic) bond motifs is 1. The number of rotatable bonds is 7. The number of esters is 1. The summed E-state index contributed by atoms with van der Waals surface area (Å²) in [5, 5.41) is 3.92. The highest BCUT2D eigenvalue weighted by atomic mass is 35.5. The lowest BCUT2D eigenvalue weighted by molar-refractivity contribution is -0.116. The number of ether oxygens (including phenoxy) is 1. The Morgan fingerprint density at radius 2 is 1.82 bits per heavy atom. The lowest BCUT2D eigenvalue weighted by Gasteiger charge is -2.12. The normalized spacial score (nSPS) is 12.9. The second-order valence-corrected chi connectivity index (χ2v) is 8.16. The fourth-order valence-electron chi connectivity index (χ4n) is 3.27. The minimum Gasteiger partial charge on any atom is -0.462 e. The summed E-state index contributed by atoms with van der Waals surface area (Å²) in [6.07, 6.45) is 3.99. The third kappa shape index (κ3) is 4.80. The number of benzene rings is 1. The third-order valence-electron chi connectivity index (χ3n) is 4.65. The summed E-state index contributed by atoms with van der Waals surface area (Å²) in [6.45, 7) is 2.05. The van der Waals surface area contributed by atoms with Crippen molar-refractivity contribution in [2.24, 2.45) is 0 Å². The molecular formula is C21H22ClNO4S. The standard InChI is InChI=1S/C21H22ClNO4S/c1-2-27-21(26)19-15-5-3-4-6-17(15)28-20(19)23-18(25)12-11-16(24)13-7-9-14(22)10-8-13/h7-10H,2-6,11-12H2,1H3,(H,23,25). The van der Waals surface area contributed by atoms with E-state index in [0.29, 0.717) is 21.2 Å². The zero-order valence-electron chi connectivity index (χ0n) is 15.7. The number of Topliss-reactive ketones (excluding diaryl/α,β-unsaturated/α-hetero) is 1. The molecule has 5 nitrogen and oxygen atoms in total. The van der Waals surface area contributed by atoms with E-state index in [0.717, 1.165) is 36.1 Å². The van der Waals surface area contributed by atoms with Crippen LogP contribution in [0.1, 0.15) is 63.8 Å². The molecule has 1 aromatic carbocycles. The molecule has 0 fully saturated rings. The number of hydrogen-bond donors (Lipinski definition) is 1. The topological polar surface area (TPSA) is 72.5 Å². The number of aryl methyl sites for hydroxylation is 1. The Balaban J connectivity index is 1.68. The summed E-state index contributed by atoms with van der Waals surface area (Å²) in [6, 6.07) is 6.59. The lowest BCUT2D eigenvalue weighted by Crippen LogP contribution is -2.16. The van der Waals surface area contributed by atoms with Crippen molar-refractivity contribution in [3.63, 3.8) is 0 Å². The summed E-state index contributed by atoms with van der Waals surface area (Å²) in [4.78, 5) is 38.2. The number of anilines is 1. The predicted molar refractivity (Wildman–Crippen MR) is 111 cm³/mol. The lowest BCUT2D eigenvalue weighted by atomic mass is 9.95. The van der Waals surface area contributed by atoms with Crippen molar-refractivity contribution in [2.45, 2.75) is 45.4 Å². The SMILES string of the molecule is CCOC(=O)c1c(NC(=O)CCC(=O)c2ccc(Cl)cc2)sc2c1CCCC2. The van der Waals surface area contributed by atoms with Crippen LogP contribution in [-0.2, 0) is 22.4 Å².